The molecular weight excluding hydrogens is 403 g/mol. The van der Waals surface area contributed by atoms with Gasteiger partial charge in [-0.15, -0.1) is 11.3 Å². The Morgan fingerprint density at radius 2 is 1.86 bits per heavy atom. The number of rotatable bonds is 8. The van der Waals surface area contributed by atoms with Gasteiger partial charge in [0, 0.05) is 19.6 Å². The molecule has 9 heteroatoms. The maximum Gasteiger partial charge on any atom is 0.416 e. The molecule has 1 unspecified atom stereocenters. The summed E-state index contributed by atoms with van der Waals surface area (Å²) in [6.45, 7) is 2.45. The van der Waals surface area contributed by atoms with Gasteiger partial charge in [0.1, 0.15) is 6.04 Å². The molecular formula is C20H24F3N3O2S. The normalized spacial score (nSPS) is 12.7. The number of benzene rings is 1. The Balaban J connectivity index is 2.14. The van der Waals surface area contributed by atoms with Gasteiger partial charge in [0.25, 0.3) is 5.91 Å². The van der Waals surface area contributed by atoms with Crippen molar-refractivity contribution < 1.29 is 22.8 Å². The number of likely N-dealkylation sites (N-methyl/N-ethyl adjacent to an activating group) is 1. The number of hydrogen-bond donors (Lipinski definition) is 1. The van der Waals surface area contributed by atoms with E-state index in [2.05, 4.69) is 5.32 Å². The molecule has 0 aliphatic carbocycles. The summed E-state index contributed by atoms with van der Waals surface area (Å²) in [7, 11) is 3.68. The third kappa shape index (κ3) is 6.86. The van der Waals surface area contributed by atoms with Crippen molar-refractivity contribution in [3.8, 4) is 0 Å². The lowest BCUT2D eigenvalue weighted by Crippen LogP contribution is -2.48. The molecule has 0 bridgehead atoms. The summed E-state index contributed by atoms with van der Waals surface area (Å²) in [5.74, 6) is -0.707. The van der Waals surface area contributed by atoms with Crippen LogP contribution in [0, 0.1) is 0 Å². The van der Waals surface area contributed by atoms with Crippen molar-refractivity contribution in [3.05, 3.63) is 57.8 Å². The highest BCUT2D eigenvalue weighted by atomic mass is 32.1. The lowest BCUT2D eigenvalue weighted by molar-refractivity contribution is -0.137. The molecule has 5 nitrogen and oxygen atoms in total. The number of nitrogens with zero attached hydrogens (tertiary/aromatic N) is 2. The second kappa shape index (κ2) is 9.89. The topological polar surface area (TPSA) is 52.7 Å². The van der Waals surface area contributed by atoms with Crippen molar-refractivity contribution in [1.29, 1.82) is 0 Å². The van der Waals surface area contributed by atoms with E-state index in [0.29, 0.717) is 23.5 Å². The van der Waals surface area contributed by atoms with Crippen LogP contribution in [0.15, 0.2) is 41.8 Å². The molecule has 158 valence electrons. The van der Waals surface area contributed by atoms with Crippen LogP contribution in [0.4, 0.5) is 13.2 Å². The van der Waals surface area contributed by atoms with E-state index in [4.69, 9.17) is 0 Å². The summed E-state index contributed by atoms with van der Waals surface area (Å²) in [5, 5.41) is 4.42. The second-order valence-corrected chi connectivity index (χ2v) is 7.88. The minimum absolute atomic E-state index is 0.0236. The van der Waals surface area contributed by atoms with Crippen LogP contribution in [-0.2, 0) is 17.5 Å². The van der Waals surface area contributed by atoms with Gasteiger partial charge in [-0.2, -0.15) is 13.2 Å². The fourth-order valence-corrected chi connectivity index (χ4v) is 3.29. The maximum atomic E-state index is 13.0. The summed E-state index contributed by atoms with van der Waals surface area (Å²) in [4.78, 5) is 29.0. The third-order valence-electron chi connectivity index (χ3n) is 4.22. The Labute approximate surface area is 172 Å². The van der Waals surface area contributed by atoms with E-state index >= 15 is 0 Å². The van der Waals surface area contributed by atoms with E-state index in [0.717, 1.165) is 12.1 Å². The summed E-state index contributed by atoms with van der Waals surface area (Å²) >= 11 is 1.26. The molecule has 1 N–H and O–H groups in total. The lowest BCUT2D eigenvalue weighted by Gasteiger charge is -2.28. The lowest BCUT2D eigenvalue weighted by atomic mass is 10.1. The zero-order chi connectivity index (χ0) is 21.6. The van der Waals surface area contributed by atoms with E-state index in [1.165, 1.54) is 22.3 Å². The maximum absolute atomic E-state index is 13.0. The average Bonchev–Trinajstić information content (AvgIpc) is 3.18. The monoisotopic (exact) mass is 427 g/mol. The molecule has 1 aromatic heterocycles. The number of carbonyl (C=O) groups excluding carboxylic acids is 2. The van der Waals surface area contributed by atoms with Gasteiger partial charge in [-0.3, -0.25) is 9.59 Å². The van der Waals surface area contributed by atoms with Crippen LogP contribution in [0.25, 0.3) is 0 Å². The van der Waals surface area contributed by atoms with Crippen molar-refractivity contribution in [3.63, 3.8) is 0 Å². The van der Waals surface area contributed by atoms with Crippen LogP contribution in [0.1, 0.15) is 27.7 Å². The molecule has 2 rings (SSSR count). The Morgan fingerprint density at radius 1 is 1.14 bits per heavy atom. The molecule has 0 radical (unpaired) electrons. The SMILES string of the molecule is CC(NC(=O)c1cccs1)C(=O)N(CCN(C)C)Cc1cccc(C(F)(F)F)c1. The third-order valence-corrected chi connectivity index (χ3v) is 5.09. The van der Waals surface area contributed by atoms with Crippen LogP contribution >= 0.6 is 11.3 Å². The Morgan fingerprint density at radius 3 is 2.45 bits per heavy atom. The number of amides is 2. The number of carbonyl (C=O) groups is 2. The van der Waals surface area contributed by atoms with E-state index in [-0.39, 0.29) is 18.4 Å². The molecule has 0 saturated carbocycles. The molecule has 2 aromatic rings. The molecule has 0 spiro atoms. The van der Waals surface area contributed by atoms with Crippen molar-refractivity contribution in [2.45, 2.75) is 25.7 Å². The molecule has 0 fully saturated rings. The summed E-state index contributed by atoms with van der Waals surface area (Å²) in [6.07, 6.45) is -4.45. The zero-order valence-corrected chi connectivity index (χ0v) is 17.3. The highest BCUT2D eigenvalue weighted by Gasteiger charge is 2.31. The fraction of sp³-hybridized carbons (Fsp3) is 0.400. The number of hydrogen-bond acceptors (Lipinski definition) is 4. The minimum atomic E-state index is -4.45. The first-order chi connectivity index (χ1) is 13.6. The second-order valence-electron chi connectivity index (χ2n) is 6.93. The first-order valence-electron chi connectivity index (χ1n) is 9.02. The van der Waals surface area contributed by atoms with E-state index in [9.17, 15) is 22.8 Å². The molecule has 29 heavy (non-hydrogen) atoms. The Kier molecular flexibility index (Phi) is 7.80. The van der Waals surface area contributed by atoms with E-state index in [1.807, 2.05) is 19.0 Å². The van der Waals surface area contributed by atoms with Gasteiger partial charge in [-0.05, 0) is 50.2 Å². The molecule has 1 aromatic carbocycles. The van der Waals surface area contributed by atoms with Gasteiger partial charge >= 0.3 is 6.18 Å². The Bertz CT molecular complexity index is 823. The van der Waals surface area contributed by atoms with Gasteiger partial charge in [-0.25, -0.2) is 0 Å². The van der Waals surface area contributed by atoms with Crippen molar-refractivity contribution in [1.82, 2.24) is 15.1 Å². The smallest absolute Gasteiger partial charge is 0.340 e. The Hall–Kier alpha value is -2.39. The largest absolute Gasteiger partial charge is 0.416 e. The summed E-state index contributed by atoms with van der Waals surface area (Å²) in [6, 6.07) is 7.52. The predicted octanol–water partition coefficient (Wildman–Crippen LogP) is 3.48. The molecule has 0 aliphatic heterocycles. The molecule has 1 heterocycles. The molecule has 1 atom stereocenters. The molecule has 0 saturated heterocycles. The van der Waals surface area contributed by atoms with Gasteiger partial charge in [-0.1, -0.05) is 18.2 Å². The predicted molar refractivity (Wildman–Crippen MR) is 107 cm³/mol. The van der Waals surface area contributed by atoms with Crippen molar-refractivity contribution in [2.24, 2.45) is 0 Å². The molecule has 0 aliphatic rings. The van der Waals surface area contributed by atoms with Crippen LogP contribution in [0.2, 0.25) is 0 Å². The minimum Gasteiger partial charge on any atom is -0.340 e. The first-order valence-corrected chi connectivity index (χ1v) is 9.90. The van der Waals surface area contributed by atoms with Gasteiger partial charge < -0.3 is 15.1 Å². The standard InChI is InChI=1S/C20H24F3N3O2S/c1-14(24-18(27)17-8-5-11-29-17)19(28)26(10-9-25(2)3)13-15-6-4-7-16(12-15)20(21,22)23/h4-8,11-12,14H,9-10,13H2,1-3H3,(H,24,27). The number of alkyl halides is 3. The van der Waals surface area contributed by atoms with E-state index < -0.39 is 17.8 Å². The van der Waals surface area contributed by atoms with Crippen molar-refractivity contribution >= 4 is 23.2 Å². The summed E-state index contributed by atoms with van der Waals surface area (Å²) in [5.41, 5.74) is -0.377. The number of thiophene rings is 1. The van der Waals surface area contributed by atoms with Gasteiger partial charge in [0.15, 0.2) is 0 Å². The molecule has 2 amide bonds. The quantitative estimate of drug-likeness (QED) is 0.702. The van der Waals surface area contributed by atoms with Gasteiger partial charge in [0.2, 0.25) is 5.91 Å². The van der Waals surface area contributed by atoms with Crippen LogP contribution in [0.3, 0.4) is 0 Å². The highest BCUT2D eigenvalue weighted by Crippen LogP contribution is 2.29. The van der Waals surface area contributed by atoms with Crippen LogP contribution in [0.5, 0.6) is 0 Å². The fourth-order valence-electron chi connectivity index (χ4n) is 2.67. The number of halogens is 3. The van der Waals surface area contributed by atoms with E-state index in [1.54, 1.807) is 30.5 Å². The van der Waals surface area contributed by atoms with Crippen LogP contribution in [-0.4, -0.2) is 54.8 Å². The van der Waals surface area contributed by atoms with Gasteiger partial charge in [0.05, 0.1) is 10.4 Å². The first kappa shape index (κ1) is 22.9. The average molecular weight is 427 g/mol. The number of nitrogens with one attached hydrogen (secondary N) is 1. The highest BCUT2D eigenvalue weighted by molar-refractivity contribution is 7.12. The van der Waals surface area contributed by atoms with Crippen LogP contribution < -0.4 is 5.32 Å². The van der Waals surface area contributed by atoms with Crippen molar-refractivity contribution in [2.75, 3.05) is 27.2 Å². The summed E-state index contributed by atoms with van der Waals surface area (Å²) < 4.78 is 39.0. The zero-order valence-electron chi connectivity index (χ0n) is 16.5.